The molecule has 2 nitrogen and oxygen atoms in total. The van der Waals surface area contributed by atoms with Crippen molar-refractivity contribution in [1.29, 1.82) is 0 Å². The Morgan fingerprint density at radius 2 is 1.88 bits per heavy atom. The fourth-order valence-electron chi connectivity index (χ4n) is 2.51. The van der Waals surface area contributed by atoms with Gasteiger partial charge < -0.3 is 10.1 Å². The zero-order valence-corrected chi connectivity index (χ0v) is 12.1. The van der Waals surface area contributed by atoms with Crippen LogP contribution in [0.15, 0.2) is 0 Å². The van der Waals surface area contributed by atoms with Gasteiger partial charge in [-0.1, -0.05) is 40.0 Å². The minimum Gasteiger partial charge on any atom is -0.381 e. The summed E-state index contributed by atoms with van der Waals surface area (Å²) in [5.41, 5.74) is 0.459. The van der Waals surface area contributed by atoms with Crippen LogP contribution in [0.4, 0.5) is 0 Å². The lowest BCUT2D eigenvalue weighted by Gasteiger charge is -2.28. The number of ether oxygens (including phenoxy) is 1. The van der Waals surface area contributed by atoms with Crippen molar-refractivity contribution in [1.82, 2.24) is 5.32 Å². The fraction of sp³-hybridized carbons (Fsp3) is 1.00. The first-order valence-corrected chi connectivity index (χ1v) is 7.42. The molecule has 0 atom stereocenters. The van der Waals surface area contributed by atoms with E-state index in [2.05, 4.69) is 26.1 Å². The number of hydrogen-bond donors (Lipinski definition) is 1. The molecule has 102 valence electrons. The average molecular weight is 241 g/mol. The van der Waals surface area contributed by atoms with E-state index in [1.54, 1.807) is 0 Å². The third-order valence-corrected chi connectivity index (χ3v) is 3.83. The average Bonchev–Trinajstić information content (AvgIpc) is 2.30. The van der Waals surface area contributed by atoms with Crippen molar-refractivity contribution in [3.8, 4) is 0 Å². The summed E-state index contributed by atoms with van der Waals surface area (Å²) in [6.45, 7) is 11.3. The minimum absolute atomic E-state index is 0.459. The SMILES string of the molecule is CCCCCC(C)(C)CNCC1CCOCC1. The van der Waals surface area contributed by atoms with E-state index in [-0.39, 0.29) is 0 Å². The maximum atomic E-state index is 5.38. The predicted molar refractivity (Wildman–Crippen MR) is 74.3 cm³/mol. The molecule has 1 N–H and O–H groups in total. The normalized spacial score (nSPS) is 18.5. The predicted octanol–water partition coefficient (Wildman–Crippen LogP) is 3.61. The van der Waals surface area contributed by atoms with E-state index in [0.717, 1.165) is 25.7 Å². The Morgan fingerprint density at radius 3 is 2.53 bits per heavy atom. The molecule has 0 amide bonds. The lowest BCUT2D eigenvalue weighted by atomic mass is 9.86. The van der Waals surface area contributed by atoms with Gasteiger partial charge in [-0.2, -0.15) is 0 Å². The summed E-state index contributed by atoms with van der Waals surface area (Å²) >= 11 is 0. The van der Waals surface area contributed by atoms with Gasteiger partial charge in [-0.15, -0.1) is 0 Å². The van der Waals surface area contributed by atoms with E-state index in [1.165, 1.54) is 45.1 Å². The molecule has 1 rings (SSSR count). The Morgan fingerprint density at radius 1 is 1.18 bits per heavy atom. The number of rotatable bonds is 8. The molecule has 0 bridgehead atoms. The number of nitrogens with one attached hydrogen (secondary N) is 1. The molecular weight excluding hydrogens is 210 g/mol. The summed E-state index contributed by atoms with van der Waals surface area (Å²) in [6, 6.07) is 0. The second-order valence-corrected chi connectivity index (χ2v) is 6.31. The van der Waals surface area contributed by atoms with E-state index in [9.17, 15) is 0 Å². The van der Waals surface area contributed by atoms with Crippen LogP contribution in [-0.2, 0) is 4.74 Å². The molecule has 0 saturated carbocycles. The van der Waals surface area contributed by atoms with Crippen LogP contribution in [0.25, 0.3) is 0 Å². The highest BCUT2D eigenvalue weighted by Crippen LogP contribution is 2.23. The van der Waals surface area contributed by atoms with Gasteiger partial charge in [0.15, 0.2) is 0 Å². The second kappa shape index (κ2) is 8.10. The highest BCUT2D eigenvalue weighted by atomic mass is 16.5. The van der Waals surface area contributed by atoms with E-state index in [1.807, 2.05) is 0 Å². The largest absolute Gasteiger partial charge is 0.381 e. The third-order valence-electron chi connectivity index (χ3n) is 3.83. The summed E-state index contributed by atoms with van der Waals surface area (Å²) in [5.74, 6) is 0.843. The lowest BCUT2D eigenvalue weighted by molar-refractivity contribution is 0.0655. The van der Waals surface area contributed by atoms with Crippen molar-refractivity contribution in [2.24, 2.45) is 11.3 Å². The van der Waals surface area contributed by atoms with Crippen molar-refractivity contribution in [3.63, 3.8) is 0 Å². The monoisotopic (exact) mass is 241 g/mol. The smallest absolute Gasteiger partial charge is 0.0469 e. The first-order chi connectivity index (χ1) is 8.14. The van der Waals surface area contributed by atoms with Crippen LogP contribution >= 0.6 is 0 Å². The van der Waals surface area contributed by atoms with Crippen LogP contribution in [-0.4, -0.2) is 26.3 Å². The van der Waals surface area contributed by atoms with Gasteiger partial charge in [0.25, 0.3) is 0 Å². The molecule has 1 heterocycles. The molecule has 1 aliphatic heterocycles. The Bertz CT molecular complexity index is 185. The minimum atomic E-state index is 0.459. The van der Waals surface area contributed by atoms with Gasteiger partial charge in [-0.3, -0.25) is 0 Å². The van der Waals surface area contributed by atoms with Gasteiger partial charge in [0.1, 0.15) is 0 Å². The molecule has 17 heavy (non-hydrogen) atoms. The number of hydrogen-bond acceptors (Lipinski definition) is 2. The molecule has 0 aromatic rings. The summed E-state index contributed by atoms with van der Waals surface area (Å²) in [6.07, 6.45) is 7.91. The molecule has 2 heteroatoms. The molecular formula is C15H31NO. The van der Waals surface area contributed by atoms with Gasteiger partial charge in [0.2, 0.25) is 0 Å². The summed E-state index contributed by atoms with van der Waals surface area (Å²) < 4.78 is 5.38. The van der Waals surface area contributed by atoms with Crippen molar-refractivity contribution >= 4 is 0 Å². The van der Waals surface area contributed by atoms with Gasteiger partial charge >= 0.3 is 0 Å². The Balaban J connectivity index is 2.06. The fourth-order valence-corrected chi connectivity index (χ4v) is 2.51. The zero-order chi connectivity index (χ0) is 12.6. The van der Waals surface area contributed by atoms with Crippen LogP contribution in [0, 0.1) is 11.3 Å². The molecule has 0 aromatic carbocycles. The molecule has 0 radical (unpaired) electrons. The molecule has 0 aromatic heterocycles. The first-order valence-electron chi connectivity index (χ1n) is 7.42. The zero-order valence-electron chi connectivity index (χ0n) is 12.1. The van der Waals surface area contributed by atoms with Crippen LogP contribution in [0.3, 0.4) is 0 Å². The van der Waals surface area contributed by atoms with Crippen molar-refractivity contribution in [3.05, 3.63) is 0 Å². The van der Waals surface area contributed by atoms with E-state index in [0.29, 0.717) is 5.41 Å². The van der Waals surface area contributed by atoms with E-state index >= 15 is 0 Å². The van der Waals surface area contributed by atoms with Gasteiger partial charge in [-0.05, 0) is 37.1 Å². The molecule has 0 aliphatic carbocycles. The lowest BCUT2D eigenvalue weighted by Crippen LogP contribution is -2.34. The van der Waals surface area contributed by atoms with Crippen LogP contribution in [0.2, 0.25) is 0 Å². The maximum Gasteiger partial charge on any atom is 0.0469 e. The van der Waals surface area contributed by atoms with Gasteiger partial charge in [0, 0.05) is 19.8 Å². The highest BCUT2D eigenvalue weighted by Gasteiger charge is 2.18. The quantitative estimate of drug-likeness (QED) is 0.656. The van der Waals surface area contributed by atoms with Crippen LogP contribution in [0.5, 0.6) is 0 Å². The Kier molecular flexibility index (Phi) is 7.14. The van der Waals surface area contributed by atoms with Crippen molar-refractivity contribution < 1.29 is 4.74 Å². The highest BCUT2D eigenvalue weighted by molar-refractivity contribution is 4.73. The molecule has 1 fully saturated rings. The van der Waals surface area contributed by atoms with Gasteiger partial charge in [-0.25, -0.2) is 0 Å². The summed E-state index contributed by atoms with van der Waals surface area (Å²) in [7, 11) is 0. The van der Waals surface area contributed by atoms with E-state index < -0.39 is 0 Å². The number of unbranched alkanes of at least 4 members (excludes halogenated alkanes) is 2. The Labute approximate surface area is 108 Å². The first kappa shape index (κ1) is 15.0. The van der Waals surface area contributed by atoms with Gasteiger partial charge in [0.05, 0.1) is 0 Å². The summed E-state index contributed by atoms with van der Waals surface area (Å²) in [4.78, 5) is 0. The second-order valence-electron chi connectivity index (χ2n) is 6.31. The van der Waals surface area contributed by atoms with Crippen molar-refractivity contribution in [2.45, 2.75) is 59.3 Å². The Hall–Kier alpha value is -0.0800. The summed E-state index contributed by atoms with van der Waals surface area (Å²) in [5, 5.41) is 3.67. The third kappa shape index (κ3) is 7.05. The van der Waals surface area contributed by atoms with Crippen LogP contribution < -0.4 is 5.32 Å². The molecule has 1 saturated heterocycles. The standard InChI is InChI=1S/C15H31NO/c1-4-5-6-9-15(2,3)13-16-12-14-7-10-17-11-8-14/h14,16H,4-13H2,1-3H3. The molecule has 1 aliphatic rings. The molecule has 0 unspecified atom stereocenters. The maximum absolute atomic E-state index is 5.38. The van der Waals surface area contributed by atoms with Crippen LogP contribution in [0.1, 0.15) is 59.3 Å². The topological polar surface area (TPSA) is 21.3 Å². The van der Waals surface area contributed by atoms with E-state index in [4.69, 9.17) is 4.74 Å². The molecule has 0 spiro atoms. The van der Waals surface area contributed by atoms with Crippen molar-refractivity contribution in [2.75, 3.05) is 26.3 Å².